The first-order valence-corrected chi connectivity index (χ1v) is 12.3. The van der Waals surface area contributed by atoms with E-state index in [0.717, 1.165) is 63.5 Å². The Morgan fingerprint density at radius 2 is 1.88 bits per heavy atom. The molecule has 3 atom stereocenters. The predicted molar refractivity (Wildman–Crippen MR) is 126 cm³/mol. The molecule has 0 aliphatic heterocycles. The average molecular weight is 445 g/mol. The van der Waals surface area contributed by atoms with Crippen molar-refractivity contribution in [2.75, 3.05) is 13.2 Å². The summed E-state index contributed by atoms with van der Waals surface area (Å²) in [7, 11) is 0. The highest BCUT2D eigenvalue weighted by Gasteiger charge is 2.32. The van der Waals surface area contributed by atoms with E-state index in [9.17, 15) is 14.7 Å². The van der Waals surface area contributed by atoms with Crippen LogP contribution in [0.3, 0.4) is 0 Å². The molecule has 0 radical (unpaired) electrons. The van der Waals surface area contributed by atoms with Gasteiger partial charge in [0.15, 0.2) is 0 Å². The van der Waals surface area contributed by atoms with Gasteiger partial charge in [0.05, 0.1) is 6.61 Å². The van der Waals surface area contributed by atoms with Crippen molar-refractivity contribution < 1.29 is 24.2 Å². The zero-order valence-electron chi connectivity index (χ0n) is 19.5. The van der Waals surface area contributed by atoms with Crippen molar-refractivity contribution in [3.05, 3.63) is 42.5 Å². The van der Waals surface area contributed by atoms with Crippen LogP contribution in [0.4, 0.5) is 0 Å². The van der Waals surface area contributed by atoms with Crippen molar-refractivity contribution in [1.82, 2.24) is 0 Å². The van der Waals surface area contributed by atoms with Crippen LogP contribution in [0.15, 0.2) is 42.5 Å². The number of allylic oxidation sites excluding steroid dienone is 1. The molecule has 0 heterocycles. The van der Waals surface area contributed by atoms with Gasteiger partial charge in [0, 0.05) is 18.8 Å². The molecule has 1 aliphatic rings. The molecule has 1 fully saturated rings. The molecular weight excluding hydrogens is 404 g/mol. The van der Waals surface area contributed by atoms with Gasteiger partial charge in [-0.05, 0) is 43.7 Å². The third-order valence-corrected chi connectivity index (χ3v) is 6.06. The van der Waals surface area contributed by atoms with E-state index in [1.807, 2.05) is 36.4 Å². The zero-order valence-corrected chi connectivity index (χ0v) is 19.5. The highest BCUT2D eigenvalue weighted by atomic mass is 16.5. The van der Waals surface area contributed by atoms with Gasteiger partial charge in [0.1, 0.15) is 24.2 Å². The second-order valence-corrected chi connectivity index (χ2v) is 8.73. The van der Waals surface area contributed by atoms with Crippen molar-refractivity contribution >= 4 is 11.8 Å². The van der Waals surface area contributed by atoms with Crippen LogP contribution in [-0.4, -0.2) is 36.2 Å². The molecule has 5 heteroatoms. The molecule has 178 valence electrons. The third-order valence-electron chi connectivity index (χ3n) is 6.06. The van der Waals surface area contributed by atoms with Crippen molar-refractivity contribution in [2.24, 2.45) is 11.8 Å². The van der Waals surface area contributed by atoms with E-state index < -0.39 is 6.10 Å². The second kappa shape index (κ2) is 15.6. The molecule has 1 aliphatic carbocycles. The lowest BCUT2D eigenvalue weighted by molar-refractivity contribution is -0.143. The van der Waals surface area contributed by atoms with Crippen LogP contribution in [0.5, 0.6) is 5.75 Å². The standard InChI is InChI=1S/C27H40O5/c1-2-3-20-31-27(30)15-11-6-4-5-10-14-25-22(17-19-26(25)29)16-18-23(28)21-32-24-12-8-7-9-13-24/h7-9,12-13,16,18,22-23,25,28H,2-6,10-11,14-15,17,19-21H2,1H3/b18-16+/t22-,23+,25+/m0/s1. The van der Waals surface area contributed by atoms with Gasteiger partial charge in [0.25, 0.3) is 0 Å². The number of carbonyl (C=O) groups is 2. The van der Waals surface area contributed by atoms with Crippen LogP contribution in [0, 0.1) is 11.8 Å². The third kappa shape index (κ3) is 10.4. The topological polar surface area (TPSA) is 72.8 Å². The number of aliphatic hydroxyl groups excluding tert-OH is 1. The zero-order chi connectivity index (χ0) is 23.0. The maximum absolute atomic E-state index is 12.3. The fourth-order valence-electron chi connectivity index (χ4n) is 4.13. The van der Waals surface area contributed by atoms with Gasteiger partial charge in [-0.25, -0.2) is 0 Å². The number of unbranched alkanes of at least 4 members (excludes halogenated alkanes) is 5. The number of Topliss-reactive ketones (excluding diaryl/α,β-unsaturated/α-hetero) is 1. The monoisotopic (exact) mass is 444 g/mol. The summed E-state index contributed by atoms with van der Waals surface area (Å²) in [5.41, 5.74) is 0. The predicted octanol–water partition coefficient (Wildman–Crippen LogP) is 5.65. The molecule has 5 nitrogen and oxygen atoms in total. The van der Waals surface area contributed by atoms with Gasteiger partial charge >= 0.3 is 5.97 Å². The van der Waals surface area contributed by atoms with Crippen molar-refractivity contribution in [2.45, 2.75) is 83.7 Å². The van der Waals surface area contributed by atoms with Gasteiger partial charge in [-0.2, -0.15) is 0 Å². The first kappa shape index (κ1) is 26.1. The lowest BCUT2D eigenvalue weighted by Gasteiger charge is -2.16. The van der Waals surface area contributed by atoms with E-state index >= 15 is 0 Å². The summed E-state index contributed by atoms with van der Waals surface area (Å²) >= 11 is 0. The molecule has 2 rings (SSSR count). The van der Waals surface area contributed by atoms with Crippen molar-refractivity contribution in [1.29, 1.82) is 0 Å². The fourth-order valence-corrected chi connectivity index (χ4v) is 4.13. The number of rotatable bonds is 16. The molecule has 32 heavy (non-hydrogen) atoms. The Morgan fingerprint density at radius 3 is 2.66 bits per heavy atom. The summed E-state index contributed by atoms with van der Waals surface area (Å²) < 4.78 is 10.8. The molecule has 0 saturated heterocycles. The molecule has 1 aromatic carbocycles. The number of esters is 1. The number of ether oxygens (including phenoxy) is 2. The largest absolute Gasteiger partial charge is 0.491 e. The van der Waals surface area contributed by atoms with Crippen LogP contribution in [0.2, 0.25) is 0 Å². The Morgan fingerprint density at radius 1 is 1.12 bits per heavy atom. The molecule has 1 N–H and O–H groups in total. The Hall–Kier alpha value is -2.14. The van der Waals surface area contributed by atoms with Gasteiger partial charge in [-0.15, -0.1) is 0 Å². The van der Waals surface area contributed by atoms with Crippen LogP contribution in [-0.2, 0) is 14.3 Å². The van der Waals surface area contributed by atoms with Gasteiger partial charge in [-0.3, -0.25) is 9.59 Å². The first-order chi connectivity index (χ1) is 15.6. The van der Waals surface area contributed by atoms with Crippen molar-refractivity contribution in [3.63, 3.8) is 0 Å². The van der Waals surface area contributed by atoms with E-state index in [0.29, 0.717) is 25.2 Å². The minimum Gasteiger partial charge on any atom is -0.491 e. The smallest absolute Gasteiger partial charge is 0.305 e. The summed E-state index contributed by atoms with van der Waals surface area (Å²) in [5.74, 6) is 1.29. The number of carbonyl (C=O) groups excluding carboxylic acids is 2. The van der Waals surface area contributed by atoms with E-state index in [-0.39, 0.29) is 24.4 Å². The molecule has 1 saturated carbocycles. The number of benzene rings is 1. The highest BCUT2D eigenvalue weighted by molar-refractivity contribution is 5.83. The van der Waals surface area contributed by atoms with Gasteiger partial charge in [0.2, 0.25) is 0 Å². The molecule has 0 bridgehead atoms. The minimum atomic E-state index is -0.680. The molecular formula is C27H40O5. The lowest BCUT2D eigenvalue weighted by atomic mass is 9.89. The summed E-state index contributed by atoms with van der Waals surface area (Å²) in [4.78, 5) is 23.9. The fraction of sp³-hybridized carbons (Fsp3) is 0.630. The summed E-state index contributed by atoms with van der Waals surface area (Å²) in [6.07, 6.45) is 13.1. The number of ketones is 1. The van der Waals surface area contributed by atoms with E-state index in [2.05, 4.69) is 6.92 Å². The number of aliphatic hydroxyl groups is 1. The lowest BCUT2D eigenvalue weighted by Crippen LogP contribution is -2.17. The molecule has 0 aromatic heterocycles. The second-order valence-electron chi connectivity index (χ2n) is 8.73. The quantitative estimate of drug-likeness (QED) is 0.203. The van der Waals surface area contributed by atoms with Crippen molar-refractivity contribution in [3.8, 4) is 5.75 Å². The van der Waals surface area contributed by atoms with E-state index in [4.69, 9.17) is 9.47 Å². The SMILES string of the molecule is CCCCOC(=O)CCCCCCC[C@H]1C(=O)CC[C@@H]1/C=C/[C@@H](O)COc1ccccc1. The Kier molecular flexibility index (Phi) is 12.8. The Labute approximate surface area is 193 Å². The van der Waals surface area contributed by atoms with Crippen LogP contribution >= 0.6 is 0 Å². The normalized spacial score (nSPS) is 19.4. The van der Waals surface area contributed by atoms with Gasteiger partial charge < -0.3 is 14.6 Å². The van der Waals surface area contributed by atoms with Crippen LogP contribution in [0.1, 0.15) is 77.6 Å². The van der Waals surface area contributed by atoms with E-state index in [1.54, 1.807) is 6.08 Å². The van der Waals surface area contributed by atoms with Crippen LogP contribution in [0.25, 0.3) is 0 Å². The first-order valence-electron chi connectivity index (χ1n) is 12.3. The summed E-state index contributed by atoms with van der Waals surface area (Å²) in [6, 6.07) is 9.44. The molecule has 0 amide bonds. The highest BCUT2D eigenvalue weighted by Crippen LogP contribution is 2.34. The van der Waals surface area contributed by atoms with E-state index in [1.165, 1.54) is 0 Å². The summed E-state index contributed by atoms with van der Waals surface area (Å²) in [6.45, 7) is 2.83. The Bertz CT molecular complexity index is 685. The maximum Gasteiger partial charge on any atom is 0.305 e. The molecule has 1 aromatic rings. The maximum atomic E-state index is 12.3. The minimum absolute atomic E-state index is 0.0713. The number of hydrogen-bond donors (Lipinski definition) is 1. The number of para-hydroxylation sites is 1. The Balaban J connectivity index is 1.59. The molecule has 0 unspecified atom stereocenters. The van der Waals surface area contributed by atoms with Crippen LogP contribution < -0.4 is 4.74 Å². The average Bonchev–Trinajstić information content (AvgIpc) is 3.15. The summed E-state index contributed by atoms with van der Waals surface area (Å²) in [5, 5.41) is 10.2. The molecule has 0 spiro atoms. The number of hydrogen-bond acceptors (Lipinski definition) is 5. The van der Waals surface area contributed by atoms with Gasteiger partial charge in [-0.1, -0.05) is 69.4 Å².